The SMILES string of the molecule is CCCCCOC(=O)N1CCC1. The zero-order valence-electron chi connectivity index (χ0n) is 7.71. The first-order valence-electron chi connectivity index (χ1n) is 4.76. The van der Waals surface area contributed by atoms with E-state index in [1.165, 1.54) is 6.42 Å². The molecule has 0 saturated carbocycles. The third-order valence-electron chi connectivity index (χ3n) is 2.09. The minimum absolute atomic E-state index is 0.127. The minimum atomic E-state index is -0.127. The highest BCUT2D eigenvalue weighted by Crippen LogP contribution is 2.07. The van der Waals surface area contributed by atoms with Crippen LogP contribution in [-0.4, -0.2) is 30.7 Å². The van der Waals surface area contributed by atoms with Crippen LogP contribution in [0, 0.1) is 0 Å². The van der Waals surface area contributed by atoms with E-state index in [1.807, 2.05) is 0 Å². The average molecular weight is 171 g/mol. The van der Waals surface area contributed by atoms with Crippen molar-refractivity contribution in [3.63, 3.8) is 0 Å². The third-order valence-corrected chi connectivity index (χ3v) is 2.09. The van der Waals surface area contributed by atoms with Crippen LogP contribution in [0.4, 0.5) is 4.79 Å². The van der Waals surface area contributed by atoms with E-state index >= 15 is 0 Å². The molecule has 0 bridgehead atoms. The number of amides is 1. The number of carbonyl (C=O) groups is 1. The van der Waals surface area contributed by atoms with Crippen molar-refractivity contribution in [2.45, 2.75) is 32.6 Å². The molecular formula is C9H17NO2. The summed E-state index contributed by atoms with van der Waals surface area (Å²) in [4.78, 5) is 12.8. The van der Waals surface area contributed by atoms with Crippen molar-refractivity contribution >= 4 is 6.09 Å². The molecule has 1 fully saturated rings. The van der Waals surface area contributed by atoms with Crippen LogP contribution in [0.3, 0.4) is 0 Å². The van der Waals surface area contributed by atoms with E-state index in [0.717, 1.165) is 32.4 Å². The second-order valence-electron chi connectivity index (χ2n) is 3.16. The van der Waals surface area contributed by atoms with Gasteiger partial charge in [-0.2, -0.15) is 0 Å². The van der Waals surface area contributed by atoms with Gasteiger partial charge < -0.3 is 9.64 Å². The molecule has 1 amide bonds. The molecule has 0 aliphatic carbocycles. The number of carbonyl (C=O) groups excluding carboxylic acids is 1. The van der Waals surface area contributed by atoms with Crippen molar-refractivity contribution in [2.24, 2.45) is 0 Å². The average Bonchev–Trinajstić information content (AvgIpc) is 1.95. The Hall–Kier alpha value is -0.730. The van der Waals surface area contributed by atoms with E-state index < -0.39 is 0 Å². The highest BCUT2D eigenvalue weighted by Gasteiger charge is 2.20. The van der Waals surface area contributed by atoms with E-state index in [9.17, 15) is 4.79 Å². The van der Waals surface area contributed by atoms with Gasteiger partial charge in [-0.05, 0) is 12.8 Å². The highest BCUT2D eigenvalue weighted by atomic mass is 16.6. The summed E-state index contributed by atoms with van der Waals surface area (Å²) in [5.41, 5.74) is 0. The normalized spacial score (nSPS) is 15.6. The van der Waals surface area contributed by atoms with Crippen molar-refractivity contribution in [1.82, 2.24) is 4.90 Å². The van der Waals surface area contributed by atoms with Gasteiger partial charge in [0.15, 0.2) is 0 Å². The Kier molecular flexibility index (Phi) is 3.91. The lowest BCUT2D eigenvalue weighted by Crippen LogP contribution is -2.42. The molecule has 12 heavy (non-hydrogen) atoms. The van der Waals surface area contributed by atoms with Crippen LogP contribution in [0.15, 0.2) is 0 Å². The lowest BCUT2D eigenvalue weighted by molar-refractivity contribution is 0.0796. The van der Waals surface area contributed by atoms with Crippen LogP contribution in [-0.2, 0) is 4.74 Å². The first-order valence-corrected chi connectivity index (χ1v) is 4.76. The Balaban J connectivity index is 1.94. The fourth-order valence-corrected chi connectivity index (χ4v) is 1.10. The van der Waals surface area contributed by atoms with Gasteiger partial charge >= 0.3 is 6.09 Å². The first-order chi connectivity index (χ1) is 5.84. The maximum Gasteiger partial charge on any atom is 0.409 e. The summed E-state index contributed by atoms with van der Waals surface area (Å²) in [5, 5.41) is 0. The third kappa shape index (κ3) is 2.72. The van der Waals surface area contributed by atoms with Crippen LogP contribution < -0.4 is 0 Å². The number of hydrogen-bond acceptors (Lipinski definition) is 2. The lowest BCUT2D eigenvalue weighted by atomic mass is 10.2. The van der Waals surface area contributed by atoms with Crippen LogP contribution in [0.1, 0.15) is 32.6 Å². The number of unbranched alkanes of at least 4 members (excludes halogenated alkanes) is 2. The molecule has 0 unspecified atom stereocenters. The number of likely N-dealkylation sites (tertiary alicyclic amines) is 1. The van der Waals surface area contributed by atoms with E-state index in [2.05, 4.69) is 6.92 Å². The standard InChI is InChI=1S/C9H17NO2/c1-2-3-4-8-12-9(11)10-6-5-7-10/h2-8H2,1H3. The van der Waals surface area contributed by atoms with Gasteiger partial charge in [-0.1, -0.05) is 19.8 Å². The number of nitrogens with zero attached hydrogens (tertiary/aromatic N) is 1. The molecule has 3 heteroatoms. The molecule has 0 aromatic heterocycles. The largest absolute Gasteiger partial charge is 0.449 e. The summed E-state index contributed by atoms with van der Waals surface area (Å²) in [7, 11) is 0. The Bertz CT molecular complexity index is 143. The monoisotopic (exact) mass is 171 g/mol. The Morgan fingerprint density at radius 1 is 1.42 bits per heavy atom. The second kappa shape index (κ2) is 5.01. The van der Waals surface area contributed by atoms with Crippen molar-refractivity contribution < 1.29 is 9.53 Å². The summed E-state index contributed by atoms with van der Waals surface area (Å²) >= 11 is 0. The van der Waals surface area contributed by atoms with E-state index in [0.29, 0.717) is 6.61 Å². The molecule has 1 rings (SSSR count). The zero-order chi connectivity index (χ0) is 8.81. The topological polar surface area (TPSA) is 29.5 Å². The summed E-state index contributed by atoms with van der Waals surface area (Å²) in [6.07, 6.45) is 4.31. The molecule has 0 spiro atoms. The fraction of sp³-hybridized carbons (Fsp3) is 0.889. The summed E-state index contributed by atoms with van der Waals surface area (Å²) in [6.45, 7) is 4.49. The number of rotatable bonds is 4. The predicted octanol–water partition coefficient (Wildman–Crippen LogP) is 2.02. The van der Waals surface area contributed by atoms with E-state index in [-0.39, 0.29) is 6.09 Å². The van der Waals surface area contributed by atoms with E-state index in [1.54, 1.807) is 4.90 Å². The molecule has 1 heterocycles. The molecule has 0 N–H and O–H groups in total. The molecule has 0 atom stereocenters. The van der Waals surface area contributed by atoms with Gasteiger partial charge in [-0.3, -0.25) is 0 Å². The molecule has 1 aliphatic rings. The van der Waals surface area contributed by atoms with Crippen molar-refractivity contribution in [1.29, 1.82) is 0 Å². The van der Waals surface area contributed by atoms with Gasteiger partial charge in [0, 0.05) is 13.1 Å². The molecular weight excluding hydrogens is 154 g/mol. The Morgan fingerprint density at radius 3 is 2.67 bits per heavy atom. The van der Waals surface area contributed by atoms with Gasteiger partial charge in [-0.25, -0.2) is 4.79 Å². The van der Waals surface area contributed by atoms with Gasteiger partial charge in [0.25, 0.3) is 0 Å². The predicted molar refractivity (Wildman–Crippen MR) is 47.1 cm³/mol. The van der Waals surface area contributed by atoms with Crippen molar-refractivity contribution in [3.8, 4) is 0 Å². The van der Waals surface area contributed by atoms with E-state index in [4.69, 9.17) is 4.74 Å². The maximum atomic E-state index is 11.1. The Morgan fingerprint density at radius 2 is 2.17 bits per heavy atom. The highest BCUT2D eigenvalue weighted by molar-refractivity contribution is 5.68. The number of ether oxygens (including phenoxy) is 1. The molecule has 70 valence electrons. The van der Waals surface area contributed by atoms with Gasteiger partial charge in [0.05, 0.1) is 6.61 Å². The molecule has 1 aliphatic heterocycles. The van der Waals surface area contributed by atoms with Gasteiger partial charge in [-0.15, -0.1) is 0 Å². The Labute approximate surface area is 73.7 Å². The smallest absolute Gasteiger partial charge is 0.409 e. The lowest BCUT2D eigenvalue weighted by Gasteiger charge is -2.29. The van der Waals surface area contributed by atoms with Crippen LogP contribution in [0.5, 0.6) is 0 Å². The van der Waals surface area contributed by atoms with Gasteiger partial charge in [0.1, 0.15) is 0 Å². The van der Waals surface area contributed by atoms with Gasteiger partial charge in [0.2, 0.25) is 0 Å². The molecule has 0 radical (unpaired) electrons. The quantitative estimate of drug-likeness (QED) is 0.605. The summed E-state index contributed by atoms with van der Waals surface area (Å²) in [6, 6.07) is 0. The zero-order valence-corrected chi connectivity index (χ0v) is 7.71. The summed E-state index contributed by atoms with van der Waals surface area (Å²) < 4.78 is 5.04. The van der Waals surface area contributed by atoms with Crippen LogP contribution >= 0.6 is 0 Å². The van der Waals surface area contributed by atoms with Crippen LogP contribution in [0.25, 0.3) is 0 Å². The summed E-state index contributed by atoms with van der Waals surface area (Å²) in [5.74, 6) is 0. The van der Waals surface area contributed by atoms with Crippen LogP contribution in [0.2, 0.25) is 0 Å². The molecule has 3 nitrogen and oxygen atoms in total. The maximum absolute atomic E-state index is 11.1. The minimum Gasteiger partial charge on any atom is -0.449 e. The van der Waals surface area contributed by atoms with Crippen molar-refractivity contribution in [2.75, 3.05) is 19.7 Å². The first kappa shape index (κ1) is 9.36. The molecule has 0 aromatic carbocycles. The second-order valence-corrected chi connectivity index (χ2v) is 3.16. The molecule has 0 aromatic rings. The molecule has 1 saturated heterocycles. The fourth-order valence-electron chi connectivity index (χ4n) is 1.10. The number of hydrogen-bond donors (Lipinski definition) is 0. The van der Waals surface area contributed by atoms with Crippen molar-refractivity contribution in [3.05, 3.63) is 0 Å².